The lowest BCUT2D eigenvalue weighted by molar-refractivity contribution is 0.616. The second-order valence-corrected chi connectivity index (χ2v) is 3.67. The summed E-state index contributed by atoms with van der Waals surface area (Å²) in [6, 6.07) is 3.11. The summed E-state index contributed by atoms with van der Waals surface area (Å²) in [7, 11) is 1.80. The Hall–Kier alpha value is -1.76. The van der Waals surface area contributed by atoms with Crippen LogP contribution in [0.4, 0.5) is 0 Å². The van der Waals surface area contributed by atoms with Gasteiger partial charge in [0.1, 0.15) is 5.69 Å². The zero-order chi connectivity index (χ0) is 11.7. The molecule has 0 saturated carbocycles. The van der Waals surface area contributed by atoms with Crippen molar-refractivity contribution in [2.75, 3.05) is 0 Å². The lowest BCUT2D eigenvalue weighted by Gasteiger charge is -2.03. The molecule has 2 aromatic rings. The minimum absolute atomic E-state index is 0.122. The van der Waals surface area contributed by atoms with Gasteiger partial charge in [-0.2, -0.15) is 10.2 Å². The molecule has 2 aromatic heterocycles. The van der Waals surface area contributed by atoms with Crippen LogP contribution in [0.1, 0.15) is 6.92 Å². The largest absolute Gasteiger partial charge is 0.302 e. The van der Waals surface area contributed by atoms with Crippen LogP contribution in [0.15, 0.2) is 16.9 Å². The Morgan fingerprint density at radius 2 is 2.25 bits per heavy atom. The topological polar surface area (TPSA) is 68.5 Å². The van der Waals surface area contributed by atoms with Crippen LogP contribution in [-0.2, 0) is 13.6 Å². The van der Waals surface area contributed by atoms with Gasteiger partial charge in [-0.3, -0.25) is 9.89 Å². The monoisotopic (exact) mass is 237 g/mol. The highest BCUT2D eigenvalue weighted by Gasteiger charge is 2.08. The molecule has 6 nitrogen and oxygen atoms in total. The molecular formula is C9H11N5OS. The number of H-pyrrole nitrogens is 1. The lowest BCUT2D eigenvalue weighted by Crippen LogP contribution is -2.21. The third kappa shape index (κ3) is 1.69. The molecule has 0 bridgehead atoms. The number of aromatic amines is 1. The van der Waals surface area contributed by atoms with Crippen molar-refractivity contribution < 1.29 is 0 Å². The standard InChI is InChI=1S/C9H11N5OS/c1-3-14-7(15)5-4-6(12-14)8-10-11-9(16)13(8)2/h4-5H,3H2,1-2H3,(H,11,16). The third-order valence-electron chi connectivity index (χ3n) is 2.28. The minimum Gasteiger partial charge on any atom is -0.302 e. The van der Waals surface area contributed by atoms with E-state index in [0.29, 0.717) is 22.8 Å². The van der Waals surface area contributed by atoms with Crippen LogP contribution in [0.3, 0.4) is 0 Å². The molecule has 0 amide bonds. The zero-order valence-electron chi connectivity index (χ0n) is 8.97. The Kier molecular flexibility index (Phi) is 2.69. The van der Waals surface area contributed by atoms with E-state index in [0.717, 1.165) is 0 Å². The minimum atomic E-state index is -0.122. The number of aryl methyl sites for hydroxylation is 1. The van der Waals surface area contributed by atoms with E-state index >= 15 is 0 Å². The Labute approximate surface area is 96.5 Å². The van der Waals surface area contributed by atoms with Gasteiger partial charge in [-0.05, 0) is 25.2 Å². The van der Waals surface area contributed by atoms with E-state index < -0.39 is 0 Å². The van der Waals surface area contributed by atoms with Gasteiger partial charge in [-0.15, -0.1) is 0 Å². The van der Waals surface area contributed by atoms with Crippen LogP contribution in [-0.4, -0.2) is 24.5 Å². The maximum atomic E-state index is 11.4. The number of aromatic nitrogens is 5. The SMILES string of the molecule is CCn1nc(-c2n[nH]c(=S)n2C)ccc1=O. The molecule has 0 saturated heterocycles. The molecule has 2 rings (SSSR count). The predicted octanol–water partition coefficient (Wildman–Crippen LogP) is 0.721. The fourth-order valence-electron chi connectivity index (χ4n) is 1.37. The van der Waals surface area contributed by atoms with Crippen molar-refractivity contribution in [3.05, 3.63) is 27.3 Å². The average Bonchev–Trinajstić information content (AvgIpc) is 2.61. The van der Waals surface area contributed by atoms with Crippen LogP contribution in [0.5, 0.6) is 0 Å². The van der Waals surface area contributed by atoms with Crippen LogP contribution in [0.2, 0.25) is 0 Å². The third-order valence-corrected chi connectivity index (χ3v) is 2.64. The second-order valence-electron chi connectivity index (χ2n) is 3.28. The molecule has 1 N–H and O–H groups in total. The Morgan fingerprint density at radius 3 is 2.81 bits per heavy atom. The molecule has 7 heteroatoms. The summed E-state index contributed by atoms with van der Waals surface area (Å²) in [4.78, 5) is 11.4. The van der Waals surface area contributed by atoms with Gasteiger partial charge in [0.25, 0.3) is 5.56 Å². The predicted molar refractivity (Wildman–Crippen MR) is 61.6 cm³/mol. The van der Waals surface area contributed by atoms with Crippen molar-refractivity contribution in [1.82, 2.24) is 24.5 Å². The highest BCUT2D eigenvalue weighted by atomic mass is 32.1. The van der Waals surface area contributed by atoms with Gasteiger partial charge < -0.3 is 4.57 Å². The van der Waals surface area contributed by atoms with E-state index in [1.165, 1.54) is 10.7 Å². The highest BCUT2D eigenvalue weighted by Crippen LogP contribution is 2.10. The van der Waals surface area contributed by atoms with Crippen molar-refractivity contribution in [2.24, 2.45) is 7.05 Å². The average molecular weight is 237 g/mol. The quantitative estimate of drug-likeness (QED) is 0.781. The maximum Gasteiger partial charge on any atom is 0.266 e. The van der Waals surface area contributed by atoms with Crippen molar-refractivity contribution in [2.45, 2.75) is 13.5 Å². The first-order chi connectivity index (χ1) is 7.63. The molecule has 0 radical (unpaired) electrons. The first kappa shape index (κ1) is 10.7. The van der Waals surface area contributed by atoms with Crippen LogP contribution >= 0.6 is 12.2 Å². The highest BCUT2D eigenvalue weighted by molar-refractivity contribution is 7.71. The number of hydrogen-bond acceptors (Lipinski definition) is 4. The van der Waals surface area contributed by atoms with Crippen molar-refractivity contribution >= 4 is 12.2 Å². The van der Waals surface area contributed by atoms with E-state index in [9.17, 15) is 4.79 Å². The molecule has 0 spiro atoms. The summed E-state index contributed by atoms with van der Waals surface area (Å²) in [5, 5.41) is 10.9. The number of hydrogen-bond donors (Lipinski definition) is 1. The molecule has 0 aliphatic rings. The van der Waals surface area contributed by atoms with Crippen molar-refractivity contribution in [3.63, 3.8) is 0 Å². The first-order valence-electron chi connectivity index (χ1n) is 4.83. The van der Waals surface area contributed by atoms with E-state index in [4.69, 9.17) is 12.2 Å². The zero-order valence-corrected chi connectivity index (χ0v) is 9.78. The first-order valence-corrected chi connectivity index (χ1v) is 5.24. The second kappa shape index (κ2) is 4.01. The van der Waals surface area contributed by atoms with E-state index in [1.807, 2.05) is 6.92 Å². The number of rotatable bonds is 2. The Morgan fingerprint density at radius 1 is 1.50 bits per heavy atom. The molecule has 0 unspecified atom stereocenters. The van der Waals surface area contributed by atoms with Gasteiger partial charge in [0.2, 0.25) is 0 Å². The molecule has 0 aliphatic carbocycles. The summed E-state index contributed by atoms with van der Waals surface area (Å²) >= 11 is 5.01. The molecule has 84 valence electrons. The molecular weight excluding hydrogens is 226 g/mol. The molecule has 0 aromatic carbocycles. The fraction of sp³-hybridized carbons (Fsp3) is 0.333. The number of nitrogens with zero attached hydrogens (tertiary/aromatic N) is 4. The molecule has 2 heterocycles. The molecule has 0 atom stereocenters. The van der Waals surface area contributed by atoms with Crippen LogP contribution in [0, 0.1) is 4.77 Å². The summed E-state index contributed by atoms with van der Waals surface area (Å²) in [5.41, 5.74) is 0.499. The molecule has 0 aliphatic heterocycles. The van der Waals surface area contributed by atoms with Crippen molar-refractivity contribution in [3.8, 4) is 11.5 Å². The van der Waals surface area contributed by atoms with Gasteiger partial charge in [0.15, 0.2) is 10.6 Å². The van der Waals surface area contributed by atoms with Gasteiger partial charge in [0.05, 0.1) is 0 Å². The van der Waals surface area contributed by atoms with Gasteiger partial charge in [-0.1, -0.05) is 0 Å². The van der Waals surface area contributed by atoms with E-state index in [2.05, 4.69) is 15.3 Å². The van der Waals surface area contributed by atoms with Crippen LogP contribution in [0.25, 0.3) is 11.5 Å². The smallest absolute Gasteiger partial charge is 0.266 e. The van der Waals surface area contributed by atoms with E-state index in [1.54, 1.807) is 17.7 Å². The Balaban J connectivity index is 2.61. The van der Waals surface area contributed by atoms with Gasteiger partial charge in [-0.25, -0.2) is 4.68 Å². The molecule has 0 fully saturated rings. The van der Waals surface area contributed by atoms with Gasteiger partial charge in [0, 0.05) is 19.7 Å². The lowest BCUT2D eigenvalue weighted by atomic mass is 10.3. The Bertz CT molecular complexity index is 623. The fourth-order valence-corrected chi connectivity index (χ4v) is 1.50. The summed E-state index contributed by atoms with van der Waals surface area (Å²) < 4.78 is 3.61. The molecule has 16 heavy (non-hydrogen) atoms. The normalized spacial score (nSPS) is 10.6. The summed E-state index contributed by atoms with van der Waals surface area (Å²) in [6.45, 7) is 2.39. The van der Waals surface area contributed by atoms with Crippen LogP contribution < -0.4 is 5.56 Å². The maximum absolute atomic E-state index is 11.4. The summed E-state index contributed by atoms with van der Waals surface area (Å²) in [5.74, 6) is 0.618. The van der Waals surface area contributed by atoms with E-state index in [-0.39, 0.29) is 5.56 Å². The number of nitrogens with one attached hydrogen (secondary N) is 1. The van der Waals surface area contributed by atoms with Crippen molar-refractivity contribution in [1.29, 1.82) is 0 Å². The van der Waals surface area contributed by atoms with Gasteiger partial charge >= 0.3 is 0 Å². The summed E-state index contributed by atoms with van der Waals surface area (Å²) in [6.07, 6.45) is 0.